The summed E-state index contributed by atoms with van der Waals surface area (Å²) in [4.78, 5) is 27.8. The van der Waals surface area contributed by atoms with Crippen molar-refractivity contribution in [2.24, 2.45) is 0 Å². The fourth-order valence-electron chi connectivity index (χ4n) is 3.89. The first-order valence-corrected chi connectivity index (χ1v) is 11.0. The van der Waals surface area contributed by atoms with Gasteiger partial charge in [-0.2, -0.15) is 0 Å². The minimum atomic E-state index is -0.391. The number of carbonyl (C=O) groups excluding carboxylic acids is 2. The molecule has 0 radical (unpaired) electrons. The number of thioether (sulfide) groups is 1. The minimum Gasteiger partial charge on any atom is -0.268 e. The molecule has 5 heteroatoms. The highest BCUT2D eigenvalue weighted by Gasteiger charge is 2.37. The van der Waals surface area contributed by atoms with Crippen molar-refractivity contribution in [3.63, 3.8) is 0 Å². The van der Waals surface area contributed by atoms with E-state index in [1.807, 2.05) is 55.5 Å². The predicted octanol–water partition coefficient (Wildman–Crippen LogP) is 6.34. The van der Waals surface area contributed by atoms with Crippen molar-refractivity contribution in [3.8, 4) is 0 Å². The van der Waals surface area contributed by atoms with Crippen LogP contribution in [0.25, 0.3) is 27.6 Å². The minimum absolute atomic E-state index is 0.257. The number of amides is 2. The summed E-state index contributed by atoms with van der Waals surface area (Å²) >= 11 is 6.59. The van der Waals surface area contributed by atoms with Gasteiger partial charge in [-0.3, -0.25) is 9.59 Å². The van der Waals surface area contributed by atoms with Crippen LogP contribution in [0.2, 0.25) is 0 Å². The molecule has 3 nitrogen and oxygen atoms in total. The SMILES string of the molecule is Cc1cccc(C(=O)N2C(=O)/C(=C/c3c4ccccc4cc4ccccc34)SC2=S)c1. The summed E-state index contributed by atoms with van der Waals surface area (Å²) in [7, 11) is 0. The van der Waals surface area contributed by atoms with Crippen LogP contribution in [-0.2, 0) is 4.79 Å². The third kappa shape index (κ3) is 3.46. The number of hydrogen-bond acceptors (Lipinski definition) is 4. The molecule has 0 aliphatic carbocycles. The number of hydrogen-bond donors (Lipinski definition) is 0. The van der Waals surface area contributed by atoms with Crippen molar-refractivity contribution < 1.29 is 9.59 Å². The standard InChI is InChI=1S/C26H17NO2S2/c1-16-7-6-10-19(13-16)24(28)27-25(29)23(31-26(27)30)15-22-20-11-4-2-8-17(20)14-18-9-3-5-12-21(18)22/h2-15H,1H3/b23-15-. The van der Waals surface area contributed by atoms with Gasteiger partial charge in [0.05, 0.1) is 4.91 Å². The molecule has 31 heavy (non-hydrogen) atoms. The van der Waals surface area contributed by atoms with E-state index in [-0.39, 0.29) is 10.2 Å². The van der Waals surface area contributed by atoms with Crippen LogP contribution >= 0.6 is 24.0 Å². The molecule has 0 unspecified atom stereocenters. The van der Waals surface area contributed by atoms with Gasteiger partial charge in [-0.1, -0.05) is 90.2 Å². The van der Waals surface area contributed by atoms with Gasteiger partial charge in [0.15, 0.2) is 4.32 Å². The lowest BCUT2D eigenvalue weighted by molar-refractivity contribution is -0.120. The second-order valence-electron chi connectivity index (χ2n) is 7.42. The van der Waals surface area contributed by atoms with Gasteiger partial charge < -0.3 is 0 Å². The average molecular weight is 440 g/mol. The van der Waals surface area contributed by atoms with Gasteiger partial charge in [0.2, 0.25) is 0 Å². The highest BCUT2D eigenvalue weighted by Crippen LogP contribution is 2.37. The molecule has 1 fully saturated rings. The van der Waals surface area contributed by atoms with Crippen molar-refractivity contribution in [2.45, 2.75) is 6.92 Å². The van der Waals surface area contributed by atoms with E-state index in [2.05, 4.69) is 18.2 Å². The largest absolute Gasteiger partial charge is 0.273 e. The third-order valence-electron chi connectivity index (χ3n) is 5.35. The number of fused-ring (bicyclic) bond motifs is 2. The molecule has 4 aromatic carbocycles. The number of aryl methyl sites for hydroxylation is 1. The van der Waals surface area contributed by atoms with Crippen LogP contribution in [0.5, 0.6) is 0 Å². The van der Waals surface area contributed by atoms with E-state index in [1.54, 1.807) is 18.2 Å². The lowest BCUT2D eigenvalue weighted by Gasteiger charge is -2.13. The Labute approximate surface area is 189 Å². The van der Waals surface area contributed by atoms with E-state index in [0.29, 0.717) is 10.5 Å². The fraction of sp³-hybridized carbons (Fsp3) is 0.0385. The zero-order chi connectivity index (χ0) is 21.5. The third-order valence-corrected chi connectivity index (χ3v) is 6.65. The molecule has 1 aliphatic heterocycles. The van der Waals surface area contributed by atoms with Gasteiger partial charge in [-0.25, -0.2) is 4.90 Å². The average Bonchev–Trinajstić information content (AvgIpc) is 3.06. The zero-order valence-corrected chi connectivity index (χ0v) is 18.3. The molecular weight excluding hydrogens is 422 g/mol. The Balaban J connectivity index is 1.62. The summed E-state index contributed by atoms with van der Waals surface area (Å²) in [6.07, 6.45) is 1.87. The highest BCUT2D eigenvalue weighted by atomic mass is 32.2. The van der Waals surface area contributed by atoms with Crippen LogP contribution in [0.15, 0.2) is 83.8 Å². The van der Waals surface area contributed by atoms with Gasteiger partial charge in [-0.15, -0.1) is 0 Å². The number of nitrogens with zero attached hydrogens (tertiary/aromatic N) is 1. The second-order valence-corrected chi connectivity index (χ2v) is 9.10. The van der Waals surface area contributed by atoms with Crippen LogP contribution in [0.4, 0.5) is 0 Å². The highest BCUT2D eigenvalue weighted by molar-refractivity contribution is 8.26. The number of carbonyl (C=O) groups is 2. The van der Waals surface area contributed by atoms with E-state index in [4.69, 9.17) is 12.2 Å². The molecule has 1 aliphatic rings. The summed E-state index contributed by atoms with van der Waals surface area (Å²) in [5.41, 5.74) is 2.36. The number of thiocarbonyl (C=S) groups is 1. The quantitative estimate of drug-likeness (QED) is 0.158. The van der Waals surface area contributed by atoms with Gasteiger partial charge in [0, 0.05) is 5.56 Å². The van der Waals surface area contributed by atoms with Crippen molar-refractivity contribution in [2.75, 3.05) is 0 Å². The molecule has 2 amide bonds. The van der Waals surface area contributed by atoms with Gasteiger partial charge in [0.1, 0.15) is 0 Å². The van der Waals surface area contributed by atoms with Crippen LogP contribution in [0.1, 0.15) is 21.5 Å². The van der Waals surface area contributed by atoms with Crippen LogP contribution in [0, 0.1) is 6.92 Å². The van der Waals surface area contributed by atoms with Gasteiger partial charge >= 0.3 is 0 Å². The van der Waals surface area contributed by atoms with E-state index < -0.39 is 5.91 Å². The number of benzene rings is 4. The zero-order valence-electron chi connectivity index (χ0n) is 16.7. The number of imide groups is 1. The van der Waals surface area contributed by atoms with Crippen molar-refractivity contribution in [1.29, 1.82) is 0 Å². The molecule has 4 aromatic rings. The molecule has 0 saturated carbocycles. The molecule has 150 valence electrons. The van der Waals surface area contributed by atoms with E-state index in [1.165, 1.54) is 11.8 Å². The Hall–Kier alpha value is -3.28. The topological polar surface area (TPSA) is 37.4 Å². The molecule has 5 rings (SSSR count). The Bertz CT molecular complexity index is 1380. The van der Waals surface area contributed by atoms with Crippen molar-refractivity contribution >= 4 is 67.7 Å². The first-order chi connectivity index (χ1) is 15.0. The normalized spacial score (nSPS) is 15.4. The first-order valence-electron chi connectivity index (χ1n) is 9.82. The molecule has 1 heterocycles. The Morgan fingerprint density at radius 1 is 0.903 bits per heavy atom. The Kier molecular flexibility index (Phi) is 4.93. The molecule has 0 spiro atoms. The molecule has 0 atom stereocenters. The van der Waals surface area contributed by atoms with Crippen LogP contribution in [0.3, 0.4) is 0 Å². The second kappa shape index (κ2) is 7.76. The molecule has 1 saturated heterocycles. The Morgan fingerprint density at radius 2 is 1.55 bits per heavy atom. The summed E-state index contributed by atoms with van der Waals surface area (Å²) in [6, 6.07) is 25.5. The molecule has 0 N–H and O–H groups in total. The maximum atomic E-state index is 13.2. The fourth-order valence-corrected chi connectivity index (χ4v) is 5.12. The summed E-state index contributed by atoms with van der Waals surface area (Å²) < 4.78 is 0.257. The first kappa shape index (κ1) is 19.7. The van der Waals surface area contributed by atoms with Crippen molar-refractivity contribution in [1.82, 2.24) is 4.90 Å². The smallest absolute Gasteiger partial charge is 0.268 e. The molecule has 0 bridgehead atoms. The maximum absolute atomic E-state index is 13.2. The van der Waals surface area contributed by atoms with Gasteiger partial charge in [-0.05, 0) is 58.3 Å². The molecule has 0 aromatic heterocycles. The monoisotopic (exact) mass is 439 g/mol. The predicted molar refractivity (Wildman–Crippen MR) is 132 cm³/mol. The molecular formula is C26H17NO2S2. The summed E-state index contributed by atoms with van der Waals surface area (Å²) in [5, 5.41) is 4.30. The number of rotatable bonds is 2. The lowest BCUT2D eigenvalue weighted by Crippen LogP contribution is -2.34. The van der Waals surface area contributed by atoms with E-state index in [0.717, 1.165) is 37.6 Å². The van der Waals surface area contributed by atoms with Crippen molar-refractivity contribution in [3.05, 3.63) is 100 Å². The Morgan fingerprint density at radius 3 is 2.19 bits per heavy atom. The van der Waals surface area contributed by atoms with Crippen LogP contribution < -0.4 is 0 Å². The van der Waals surface area contributed by atoms with E-state index >= 15 is 0 Å². The lowest BCUT2D eigenvalue weighted by atomic mass is 9.96. The van der Waals surface area contributed by atoms with E-state index in [9.17, 15) is 9.59 Å². The van der Waals surface area contributed by atoms with Gasteiger partial charge in [0.25, 0.3) is 11.8 Å². The van der Waals surface area contributed by atoms with Crippen LogP contribution in [-0.4, -0.2) is 21.0 Å². The maximum Gasteiger partial charge on any atom is 0.273 e. The summed E-state index contributed by atoms with van der Waals surface area (Å²) in [5.74, 6) is -0.768. The summed E-state index contributed by atoms with van der Waals surface area (Å²) in [6.45, 7) is 1.91.